The summed E-state index contributed by atoms with van der Waals surface area (Å²) in [6, 6.07) is 18.1. The largest absolute Gasteiger partial charge is 0.464 e. The van der Waals surface area contributed by atoms with Gasteiger partial charge < -0.3 is 9.40 Å². The Hall–Kier alpha value is -4.72. The van der Waals surface area contributed by atoms with Crippen LogP contribution in [-0.4, -0.2) is 21.8 Å². The van der Waals surface area contributed by atoms with Gasteiger partial charge in [0.05, 0.1) is 34.4 Å². The van der Waals surface area contributed by atoms with E-state index in [4.69, 9.17) is 9.41 Å². The standard InChI is InChI=1S/C29H23N5O3/c1-16-6-11-25-20(12-16)27(35)21(14-37-25)26-28(32-22-9-7-17-4-2-3-5-19(17)22)33-29(36)34(26)18-8-10-23-24(13-18)31-15-30-23/h2-6,8,10-15,22,26H,7,9H2,1H3,(H,30,31)(H,32,33,36). The van der Waals surface area contributed by atoms with Crippen molar-refractivity contribution in [3.05, 3.63) is 106 Å². The van der Waals surface area contributed by atoms with Gasteiger partial charge in [-0.15, -0.1) is 0 Å². The number of rotatable bonds is 3. The van der Waals surface area contributed by atoms with Crippen LogP contribution >= 0.6 is 0 Å². The molecule has 8 nitrogen and oxygen atoms in total. The third kappa shape index (κ3) is 3.44. The van der Waals surface area contributed by atoms with Gasteiger partial charge in [-0.25, -0.2) is 9.78 Å². The second-order valence-electron chi connectivity index (χ2n) is 9.59. The summed E-state index contributed by atoms with van der Waals surface area (Å²) in [4.78, 5) is 41.3. The minimum Gasteiger partial charge on any atom is -0.464 e. The molecule has 0 spiro atoms. The van der Waals surface area contributed by atoms with E-state index in [9.17, 15) is 9.59 Å². The molecule has 2 atom stereocenters. The molecule has 1 fully saturated rings. The number of aryl methyl sites for hydroxylation is 2. The van der Waals surface area contributed by atoms with Crippen molar-refractivity contribution in [2.24, 2.45) is 4.99 Å². The quantitative estimate of drug-likeness (QED) is 0.357. The Kier molecular flexibility index (Phi) is 4.75. The molecule has 2 aliphatic rings. The van der Waals surface area contributed by atoms with Crippen molar-refractivity contribution in [2.75, 3.05) is 4.90 Å². The van der Waals surface area contributed by atoms with Crippen LogP contribution in [0.15, 0.2) is 87.5 Å². The lowest BCUT2D eigenvalue weighted by atomic mass is 10.0. The first-order chi connectivity index (χ1) is 18.1. The fourth-order valence-electron chi connectivity index (χ4n) is 5.49. The van der Waals surface area contributed by atoms with Gasteiger partial charge in [0.15, 0.2) is 5.43 Å². The molecule has 0 saturated carbocycles. The van der Waals surface area contributed by atoms with Gasteiger partial charge in [0.1, 0.15) is 23.7 Å². The van der Waals surface area contributed by atoms with Crippen molar-refractivity contribution in [2.45, 2.75) is 31.8 Å². The van der Waals surface area contributed by atoms with Crippen LogP contribution < -0.4 is 15.6 Å². The highest BCUT2D eigenvalue weighted by atomic mass is 16.3. The summed E-state index contributed by atoms with van der Waals surface area (Å²) in [5, 5.41) is 3.44. The smallest absolute Gasteiger partial charge is 0.328 e. The molecule has 3 aromatic carbocycles. The van der Waals surface area contributed by atoms with Crippen LogP contribution in [0, 0.1) is 6.92 Å². The lowest BCUT2D eigenvalue weighted by Crippen LogP contribution is -2.32. The van der Waals surface area contributed by atoms with Crippen molar-refractivity contribution in [3.63, 3.8) is 0 Å². The molecule has 1 aliphatic carbocycles. The molecular weight excluding hydrogens is 466 g/mol. The van der Waals surface area contributed by atoms with Crippen LogP contribution in [0.2, 0.25) is 0 Å². The first-order valence-corrected chi connectivity index (χ1v) is 12.3. The Bertz CT molecular complexity index is 1800. The van der Waals surface area contributed by atoms with Gasteiger partial charge in [-0.1, -0.05) is 35.9 Å². The summed E-state index contributed by atoms with van der Waals surface area (Å²) in [6.45, 7) is 1.93. The first-order valence-electron chi connectivity index (χ1n) is 12.3. The van der Waals surface area contributed by atoms with Gasteiger partial charge in [0, 0.05) is 5.69 Å². The summed E-state index contributed by atoms with van der Waals surface area (Å²) in [5.41, 5.74) is 6.24. The first kappa shape index (κ1) is 21.6. The van der Waals surface area contributed by atoms with Gasteiger partial charge in [0.25, 0.3) is 0 Å². The molecule has 0 bridgehead atoms. The van der Waals surface area contributed by atoms with Crippen molar-refractivity contribution >= 4 is 39.6 Å². The number of aliphatic imine (C=N–C) groups is 1. The lowest BCUT2D eigenvalue weighted by Gasteiger charge is -2.23. The molecule has 182 valence electrons. The number of aromatic nitrogens is 2. The number of aromatic amines is 1. The van der Waals surface area contributed by atoms with Gasteiger partial charge in [0.2, 0.25) is 0 Å². The number of H-pyrrole nitrogens is 1. The Morgan fingerprint density at radius 3 is 2.86 bits per heavy atom. The summed E-state index contributed by atoms with van der Waals surface area (Å²) >= 11 is 0. The Labute approximate surface area is 211 Å². The van der Waals surface area contributed by atoms with E-state index in [0.717, 1.165) is 35.0 Å². The molecule has 2 unspecified atom stereocenters. The second-order valence-corrected chi connectivity index (χ2v) is 9.59. The molecule has 7 rings (SSSR count). The van der Waals surface area contributed by atoms with E-state index in [1.54, 1.807) is 17.3 Å². The molecule has 1 saturated heterocycles. The molecular formula is C29H23N5O3. The summed E-state index contributed by atoms with van der Waals surface area (Å²) < 4.78 is 5.90. The number of nitrogens with one attached hydrogen (secondary N) is 2. The zero-order chi connectivity index (χ0) is 25.1. The van der Waals surface area contributed by atoms with Gasteiger partial charge in [-0.05, 0) is 61.2 Å². The normalized spacial score (nSPS) is 20.2. The fraction of sp³-hybridized carbons (Fsp3) is 0.172. The highest BCUT2D eigenvalue weighted by Crippen LogP contribution is 2.38. The highest BCUT2D eigenvalue weighted by Gasteiger charge is 2.42. The molecule has 8 heteroatoms. The number of carbonyl (C=O) groups excluding carboxylic acids is 1. The predicted octanol–water partition coefficient (Wildman–Crippen LogP) is 5.33. The van der Waals surface area contributed by atoms with Crippen LogP contribution in [-0.2, 0) is 6.42 Å². The summed E-state index contributed by atoms with van der Waals surface area (Å²) in [6.07, 6.45) is 4.84. The molecule has 1 aliphatic heterocycles. The second kappa shape index (κ2) is 8.16. The third-order valence-electron chi connectivity index (χ3n) is 7.30. The number of imidazole rings is 1. The molecule has 37 heavy (non-hydrogen) atoms. The van der Waals surface area contributed by atoms with Crippen molar-refractivity contribution < 1.29 is 9.21 Å². The van der Waals surface area contributed by atoms with Gasteiger partial charge in [-0.2, -0.15) is 0 Å². The molecule has 2 amide bonds. The van der Waals surface area contributed by atoms with Crippen LogP contribution in [0.5, 0.6) is 0 Å². The van der Waals surface area contributed by atoms with E-state index >= 15 is 0 Å². The number of amidine groups is 1. The summed E-state index contributed by atoms with van der Waals surface area (Å²) in [5.74, 6) is 0.438. The molecule has 2 N–H and O–H groups in total. The van der Waals surface area contributed by atoms with E-state index in [-0.39, 0.29) is 17.5 Å². The number of fused-ring (bicyclic) bond motifs is 3. The van der Waals surface area contributed by atoms with Crippen LogP contribution in [0.4, 0.5) is 10.5 Å². The number of carbonyl (C=O) groups is 1. The molecule has 2 aromatic heterocycles. The van der Waals surface area contributed by atoms with Crippen molar-refractivity contribution in [3.8, 4) is 0 Å². The maximum atomic E-state index is 13.8. The third-order valence-corrected chi connectivity index (χ3v) is 7.30. The van der Waals surface area contributed by atoms with E-state index in [1.807, 2.05) is 49.4 Å². The number of benzene rings is 3. The molecule has 3 heterocycles. The lowest BCUT2D eigenvalue weighted by molar-refractivity contribution is 0.252. The average molecular weight is 490 g/mol. The molecule has 5 aromatic rings. The number of hydrogen-bond acceptors (Lipinski definition) is 5. The van der Waals surface area contributed by atoms with Crippen LogP contribution in [0.1, 0.15) is 40.8 Å². The minimum atomic E-state index is -0.766. The van der Waals surface area contributed by atoms with E-state index in [0.29, 0.717) is 28.1 Å². The number of hydrogen-bond donors (Lipinski definition) is 2. The fourth-order valence-corrected chi connectivity index (χ4v) is 5.49. The van der Waals surface area contributed by atoms with Gasteiger partial charge in [-0.3, -0.25) is 20.0 Å². The van der Waals surface area contributed by atoms with E-state index < -0.39 is 6.04 Å². The van der Waals surface area contributed by atoms with Gasteiger partial charge >= 0.3 is 6.03 Å². The number of nitrogens with zero attached hydrogens (tertiary/aromatic N) is 3. The highest BCUT2D eigenvalue weighted by molar-refractivity contribution is 6.17. The van der Waals surface area contributed by atoms with Crippen molar-refractivity contribution in [1.82, 2.24) is 15.3 Å². The maximum absolute atomic E-state index is 13.8. The zero-order valence-electron chi connectivity index (χ0n) is 20.1. The van der Waals surface area contributed by atoms with E-state index in [2.05, 4.69) is 27.4 Å². The predicted molar refractivity (Wildman–Crippen MR) is 142 cm³/mol. The monoisotopic (exact) mass is 489 g/mol. The van der Waals surface area contributed by atoms with Crippen LogP contribution in [0.25, 0.3) is 22.0 Å². The Morgan fingerprint density at radius 2 is 1.95 bits per heavy atom. The maximum Gasteiger partial charge on any atom is 0.328 e. The zero-order valence-corrected chi connectivity index (χ0v) is 20.1. The average Bonchev–Trinajstić information content (AvgIpc) is 3.62. The Morgan fingerprint density at radius 1 is 1.05 bits per heavy atom. The number of amides is 2. The van der Waals surface area contributed by atoms with Crippen molar-refractivity contribution in [1.29, 1.82) is 0 Å². The molecule has 0 radical (unpaired) electrons. The topological polar surface area (TPSA) is 104 Å². The minimum absolute atomic E-state index is 0.0995. The number of urea groups is 1. The van der Waals surface area contributed by atoms with E-state index in [1.165, 1.54) is 11.8 Å². The SMILES string of the molecule is Cc1ccc2occ(C3/C(=N\C4CCc5ccccc54)NC(=O)N3c3ccc4[nH]cnc4c3)c(=O)c2c1. The van der Waals surface area contributed by atoms with Crippen LogP contribution in [0.3, 0.4) is 0 Å². The summed E-state index contributed by atoms with van der Waals surface area (Å²) in [7, 11) is 0. The Balaban J connectivity index is 1.42. The number of anilines is 1.